The van der Waals surface area contributed by atoms with Crippen LogP contribution in [0.2, 0.25) is 0 Å². The van der Waals surface area contributed by atoms with Crippen molar-refractivity contribution in [2.24, 2.45) is 0 Å². The monoisotopic (exact) mass is 233 g/mol. The average Bonchev–Trinajstić information content (AvgIpc) is 2.29. The molecule has 2 aromatic carbocycles. The minimum Gasteiger partial charge on any atom is -0.353 e. The first-order valence-corrected chi connectivity index (χ1v) is 5.35. The molecule has 1 N–H and O–H groups in total. The molecule has 0 unspecified atom stereocenters. The van der Waals surface area contributed by atoms with Gasteiger partial charge in [-0.05, 0) is 49.2 Å². The van der Waals surface area contributed by atoms with Gasteiger partial charge < -0.3 is 5.32 Å². The Hall–Kier alpha value is -1.90. The molecule has 0 spiro atoms. The molecule has 0 aliphatic heterocycles. The fourth-order valence-electron chi connectivity index (χ4n) is 1.57. The van der Waals surface area contributed by atoms with Gasteiger partial charge in [-0.1, -0.05) is 6.07 Å². The average molecular weight is 233 g/mol. The van der Waals surface area contributed by atoms with E-state index in [1.165, 1.54) is 0 Å². The van der Waals surface area contributed by atoms with E-state index >= 15 is 0 Å². The fourth-order valence-corrected chi connectivity index (χ4v) is 1.57. The summed E-state index contributed by atoms with van der Waals surface area (Å²) < 4.78 is 26.4. The quantitative estimate of drug-likeness (QED) is 0.814. The topological polar surface area (TPSA) is 12.0 Å². The third-order valence-corrected chi connectivity index (χ3v) is 2.71. The first kappa shape index (κ1) is 11.6. The number of aryl methyl sites for hydroxylation is 2. The molecule has 0 amide bonds. The Bertz CT molecular complexity index is 550. The normalized spacial score (nSPS) is 10.4. The lowest BCUT2D eigenvalue weighted by atomic mass is 10.1. The van der Waals surface area contributed by atoms with Crippen LogP contribution in [0.1, 0.15) is 11.1 Å². The van der Waals surface area contributed by atoms with E-state index in [0.717, 1.165) is 35.0 Å². The Morgan fingerprint density at radius 1 is 0.882 bits per heavy atom. The molecule has 0 heterocycles. The molecule has 2 rings (SSSR count). The molecule has 0 aromatic heterocycles. The smallest absolute Gasteiger partial charge is 0.146 e. The van der Waals surface area contributed by atoms with Gasteiger partial charge in [0.25, 0.3) is 0 Å². The summed E-state index contributed by atoms with van der Waals surface area (Å²) >= 11 is 0. The van der Waals surface area contributed by atoms with Crippen molar-refractivity contribution in [1.29, 1.82) is 0 Å². The largest absolute Gasteiger partial charge is 0.353 e. The van der Waals surface area contributed by atoms with Crippen molar-refractivity contribution in [3.8, 4) is 0 Å². The Balaban J connectivity index is 2.31. The van der Waals surface area contributed by atoms with Gasteiger partial charge in [0.05, 0.1) is 5.69 Å². The molecular weight excluding hydrogens is 220 g/mol. The lowest BCUT2D eigenvalue weighted by Crippen LogP contribution is -1.95. The predicted octanol–water partition coefficient (Wildman–Crippen LogP) is 4.33. The van der Waals surface area contributed by atoms with Gasteiger partial charge >= 0.3 is 0 Å². The Labute approximate surface area is 99.1 Å². The van der Waals surface area contributed by atoms with Crippen LogP contribution in [-0.4, -0.2) is 0 Å². The summed E-state index contributed by atoms with van der Waals surface area (Å²) in [5.74, 6) is -0.928. The predicted molar refractivity (Wildman–Crippen MR) is 65.6 cm³/mol. The molecule has 0 aliphatic rings. The van der Waals surface area contributed by atoms with Crippen molar-refractivity contribution in [2.75, 3.05) is 5.32 Å². The summed E-state index contributed by atoms with van der Waals surface area (Å²) in [7, 11) is 0. The molecule has 0 saturated heterocycles. The van der Waals surface area contributed by atoms with E-state index in [2.05, 4.69) is 5.32 Å². The van der Waals surface area contributed by atoms with Gasteiger partial charge in [0.1, 0.15) is 11.6 Å². The third kappa shape index (κ3) is 2.61. The van der Waals surface area contributed by atoms with Crippen molar-refractivity contribution in [1.82, 2.24) is 0 Å². The highest BCUT2D eigenvalue weighted by Gasteiger charge is 2.04. The van der Waals surface area contributed by atoms with Crippen LogP contribution in [-0.2, 0) is 0 Å². The zero-order chi connectivity index (χ0) is 12.4. The summed E-state index contributed by atoms with van der Waals surface area (Å²) in [6.07, 6.45) is 0. The summed E-state index contributed by atoms with van der Waals surface area (Å²) in [6, 6.07) is 9.03. The highest BCUT2D eigenvalue weighted by Crippen LogP contribution is 2.22. The van der Waals surface area contributed by atoms with Crippen LogP contribution in [0, 0.1) is 25.5 Å². The van der Waals surface area contributed by atoms with Gasteiger partial charge in [0.15, 0.2) is 0 Å². The number of benzene rings is 2. The van der Waals surface area contributed by atoms with Gasteiger partial charge in [0, 0.05) is 11.8 Å². The number of hydrogen-bond donors (Lipinski definition) is 1. The Kier molecular flexibility index (Phi) is 3.09. The second-order valence-corrected chi connectivity index (χ2v) is 4.05. The molecule has 88 valence electrons. The minimum atomic E-state index is -0.468. The van der Waals surface area contributed by atoms with E-state index in [1.54, 1.807) is 0 Å². The van der Waals surface area contributed by atoms with Crippen LogP contribution in [0.4, 0.5) is 20.2 Å². The molecule has 0 radical (unpaired) electrons. The van der Waals surface area contributed by atoms with E-state index in [-0.39, 0.29) is 5.69 Å². The molecule has 0 fully saturated rings. The molecule has 17 heavy (non-hydrogen) atoms. The maximum absolute atomic E-state index is 13.4. The first-order valence-electron chi connectivity index (χ1n) is 5.35. The Morgan fingerprint density at radius 2 is 1.65 bits per heavy atom. The van der Waals surface area contributed by atoms with Crippen molar-refractivity contribution < 1.29 is 8.78 Å². The van der Waals surface area contributed by atoms with Gasteiger partial charge in [-0.25, -0.2) is 8.78 Å². The number of halogens is 2. The van der Waals surface area contributed by atoms with Gasteiger partial charge in [-0.15, -0.1) is 0 Å². The maximum Gasteiger partial charge on any atom is 0.146 e. The fraction of sp³-hybridized carbons (Fsp3) is 0.143. The van der Waals surface area contributed by atoms with E-state index in [1.807, 2.05) is 32.0 Å². The summed E-state index contributed by atoms with van der Waals surface area (Å²) in [5, 5.41) is 2.87. The van der Waals surface area contributed by atoms with Crippen molar-refractivity contribution in [2.45, 2.75) is 13.8 Å². The minimum absolute atomic E-state index is 0.147. The highest BCUT2D eigenvalue weighted by molar-refractivity contribution is 5.61. The van der Waals surface area contributed by atoms with Gasteiger partial charge in [-0.2, -0.15) is 0 Å². The van der Waals surface area contributed by atoms with Gasteiger partial charge in [0.2, 0.25) is 0 Å². The van der Waals surface area contributed by atoms with E-state index < -0.39 is 11.6 Å². The second-order valence-electron chi connectivity index (χ2n) is 4.05. The Morgan fingerprint density at radius 3 is 2.35 bits per heavy atom. The van der Waals surface area contributed by atoms with Crippen LogP contribution in [0.5, 0.6) is 0 Å². The zero-order valence-electron chi connectivity index (χ0n) is 9.72. The van der Waals surface area contributed by atoms with Crippen molar-refractivity contribution >= 4 is 11.4 Å². The molecule has 0 bridgehead atoms. The second kappa shape index (κ2) is 4.53. The molecule has 1 nitrogen and oxygen atoms in total. The number of nitrogens with one attached hydrogen (secondary N) is 1. The van der Waals surface area contributed by atoms with Gasteiger partial charge in [-0.3, -0.25) is 0 Å². The van der Waals surface area contributed by atoms with E-state index in [9.17, 15) is 8.78 Å². The number of rotatable bonds is 2. The maximum atomic E-state index is 13.4. The molecule has 0 atom stereocenters. The SMILES string of the molecule is Cc1ccc(Nc2cc(F)ccc2F)cc1C. The van der Waals surface area contributed by atoms with Crippen LogP contribution in [0.15, 0.2) is 36.4 Å². The van der Waals surface area contributed by atoms with Crippen LogP contribution < -0.4 is 5.32 Å². The number of anilines is 2. The molecule has 3 heteroatoms. The zero-order valence-corrected chi connectivity index (χ0v) is 9.72. The summed E-state index contributed by atoms with van der Waals surface area (Å²) in [6.45, 7) is 3.98. The summed E-state index contributed by atoms with van der Waals surface area (Å²) in [5.41, 5.74) is 3.16. The molecule has 0 saturated carbocycles. The molecule has 2 aromatic rings. The van der Waals surface area contributed by atoms with Crippen molar-refractivity contribution in [3.05, 3.63) is 59.2 Å². The molecular formula is C14H13F2N. The van der Waals surface area contributed by atoms with Crippen LogP contribution in [0.25, 0.3) is 0 Å². The lowest BCUT2D eigenvalue weighted by Gasteiger charge is -2.09. The van der Waals surface area contributed by atoms with E-state index in [0.29, 0.717) is 0 Å². The van der Waals surface area contributed by atoms with Crippen molar-refractivity contribution in [3.63, 3.8) is 0 Å². The van der Waals surface area contributed by atoms with E-state index in [4.69, 9.17) is 0 Å². The number of hydrogen-bond acceptors (Lipinski definition) is 1. The standard InChI is InChI=1S/C14H13F2N/c1-9-3-5-12(7-10(9)2)17-14-8-11(15)4-6-13(14)16/h3-8,17H,1-2H3. The first-order chi connectivity index (χ1) is 8.06. The highest BCUT2D eigenvalue weighted by atomic mass is 19.1. The van der Waals surface area contributed by atoms with Crippen LogP contribution >= 0.6 is 0 Å². The third-order valence-electron chi connectivity index (χ3n) is 2.71. The molecule has 0 aliphatic carbocycles. The summed E-state index contributed by atoms with van der Waals surface area (Å²) in [4.78, 5) is 0. The van der Waals surface area contributed by atoms with Crippen LogP contribution in [0.3, 0.4) is 0 Å². The lowest BCUT2D eigenvalue weighted by molar-refractivity contribution is 0.603.